The summed E-state index contributed by atoms with van der Waals surface area (Å²) in [4.78, 5) is 0. The molecular formula is C11H14NO2. The number of para-hydroxylation sites is 1. The van der Waals surface area contributed by atoms with Gasteiger partial charge in [-0.1, -0.05) is 18.2 Å². The zero-order chi connectivity index (χ0) is 10.4. The van der Waals surface area contributed by atoms with Gasteiger partial charge in [0.2, 0.25) is 0 Å². The van der Waals surface area contributed by atoms with Gasteiger partial charge in [0.05, 0.1) is 20.4 Å². The van der Waals surface area contributed by atoms with Crippen LogP contribution in [0.2, 0.25) is 0 Å². The minimum absolute atomic E-state index is 0.424. The van der Waals surface area contributed by atoms with E-state index in [1.807, 2.05) is 24.3 Å². The number of rotatable bonds is 4. The van der Waals surface area contributed by atoms with E-state index in [1.165, 1.54) is 0 Å². The zero-order valence-electron chi connectivity index (χ0n) is 8.41. The molecule has 0 unspecified atom stereocenters. The maximum atomic E-state index is 4.92. The summed E-state index contributed by atoms with van der Waals surface area (Å²) in [5, 5.41) is 3.04. The summed E-state index contributed by atoms with van der Waals surface area (Å²) in [5.41, 5.74) is 1.86. The molecule has 1 radical (unpaired) electrons. The molecule has 1 aromatic rings. The van der Waals surface area contributed by atoms with E-state index >= 15 is 0 Å². The molecule has 0 fully saturated rings. The summed E-state index contributed by atoms with van der Waals surface area (Å²) >= 11 is 0. The fraction of sp³-hybridized carbons (Fsp3) is 0.182. The third kappa shape index (κ3) is 2.69. The molecule has 0 amide bonds. The molecule has 1 aromatic carbocycles. The van der Waals surface area contributed by atoms with Gasteiger partial charge in [0, 0.05) is 5.69 Å². The first-order chi connectivity index (χ1) is 6.77. The molecule has 0 atom stereocenters. The van der Waals surface area contributed by atoms with Crippen LogP contribution in [0.5, 0.6) is 0 Å². The molecule has 3 nitrogen and oxygen atoms in total. The number of anilines is 1. The number of ether oxygens (including phenoxy) is 2. The summed E-state index contributed by atoms with van der Waals surface area (Å²) in [6.45, 7) is 3.88. The minimum Gasteiger partial charge on any atom is -0.468 e. The molecule has 0 bridgehead atoms. The summed E-state index contributed by atoms with van der Waals surface area (Å²) in [5.74, 6) is 0.424. The molecule has 0 aromatic heterocycles. The molecule has 0 aliphatic rings. The van der Waals surface area contributed by atoms with E-state index in [0.717, 1.165) is 11.3 Å². The standard InChI is InChI=1S/C11H14NO2/c1-9-6-4-5-7-10(9)12-8-11(13-2)14-3/h4-8,12H,1H2,2-3H3. The summed E-state index contributed by atoms with van der Waals surface area (Å²) in [6.07, 6.45) is 1.64. The summed E-state index contributed by atoms with van der Waals surface area (Å²) in [7, 11) is 3.10. The van der Waals surface area contributed by atoms with Crippen molar-refractivity contribution >= 4 is 5.69 Å². The SMILES string of the molecule is [CH2]c1ccccc1NC=C(OC)OC. The van der Waals surface area contributed by atoms with Crippen molar-refractivity contribution in [3.63, 3.8) is 0 Å². The Morgan fingerprint density at radius 3 is 2.50 bits per heavy atom. The van der Waals surface area contributed by atoms with Gasteiger partial charge in [-0.2, -0.15) is 0 Å². The van der Waals surface area contributed by atoms with Crippen molar-refractivity contribution in [2.24, 2.45) is 0 Å². The first kappa shape index (κ1) is 10.4. The Morgan fingerprint density at radius 1 is 1.29 bits per heavy atom. The highest BCUT2D eigenvalue weighted by Gasteiger charge is 1.95. The second-order valence-electron chi connectivity index (χ2n) is 2.67. The third-order valence-corrected chi connectivity index (χ3v) is 1.77. The van der Waals surface area contributed by atoms with Gasteiger partial charge in [0.25, 0.3) is 5.95 Å². The quantitative estimate of drug-likeness (QED) is 0.743. The van der Waals surface area contributed by atoms with E-state index in [4.69, 9.17) is 9.47 Å². The maximum Gasteiger partial charge on any atom is 0.295 e. The fourth-order valence-corrected chi connectivity index (χ4v) is 0.999. The van der Waals surface area contributed by atoms with Crippen molar-refractivity contribution in [3.05, 3.63) is 48.9 Å². The Kier molecular flexibility index (Phi) is 3.85. The Bertz CT molecular complexity index is 315. The van der Waals surface area contributed by atoms with Crippen LogP contribution < -0.4 is 5.32 Å². The first-order valence-corrected chi connectivity index (χ1v) is 4.23. The second-order valence-corrected chi connectivity index (χ2v) is 2.67. The molecular weight excluding hydrogens is 178 g/mol. The van der Waals surface area contributed by atoms with Gasteiger partial charge in [-0.25, -0.2) is 0 Å². The minimum atomic E-state index is 0.424. The number of hydrogen-bond acceptors (Lipinski definition) is 3. The van der Waals surface area contributed by atoms with Crippen LogP contribution >= 0.6 is 0 Å². The number of hydrogen-bond donors (Lipinski definition) is 1. The van der Waals surface area contributed by atoms with Gasteiger partial charge >= 0.3 is 0 Å². The number of methoxy groups -OCH3 is 2. The lowest BCUT2D eigenvalue weighted by atomic mass is 10.2. The molecule has 0 aliphatic carbocycles. The number of nitrogens with one attached hydrogen (secondary N) is 1. The van der Waals surface area contributed by atoms with Gasteiger partial charge in [0.1, 0.15) is 0 Å². The molecule has 3 heteroatoms. The predicted molar refractivity (Wildman–Crippen MR) is 56.6 cm³/mol. The van der Waals surface area contributed by atoms with Crippen LogP contribution in [0.3, 0.4) is 0 Å². The highest BCUT2D eigenvalue weighted by atomic mass is 16.7. The monoisotopic (exact) mass is 192 g/mol. The van der Waals surface area contributed by atoms with Crippen molar-refractivity contribution < 1.29 is 9.47 Å². The van der Waals surface area contributed by atoms with Gasteiger partial charge in [0.15, 0.2) is 0 Å². The van der Waals surface area contributed by atoms with Crippen LogP contribution in [0.15, 0.2) is 36.4 Å². The lowest BCUT2D eigenvalue weighted by molar-refractivity contribution is 0.0950. The third-order valence-electron chi connectivity index (χ3n) is 1.77. The second kappa shape index (κ2) is 5.17. The normalized spacial score (nSPS) is 9.07. The Morgan fingerprint density at radius 2 is 1.93 bits per heavy atom. The Hall–Kier alpha value is -1.64. The lowest BCUT2D eigenvalue weighted by Gasteiger charge is -2.07. The molecule has 0 saturated heterocycles. The van der Waals surface area contributed by atoms with Crippen LogP contribution in [0.25, 0.3) is 0 Å². The largest absolute Gasteiger partial charge is 0.468 e. The van der Waals surface area contributed by atoms with Crippen LogP contribution in [-0.2, 0) is 9.47 Å². The van der Waals surface area contributed by atoms with Gasteiger partial charge in [-0.3, -0.25) is 0 Å². The molecule has 1 rings (SSSR count). The van der Waals surface area contributed by atoms with E-state index in [9.17, 15) is 0 Å². The topological polar surface area (TPSA) is 30.5 Å². The Labute approximate surface area is 84.3 Å². The van der Waals surface area contributed by atoms with Gasteiger partial charge in [-0.15, -0.1) is 0 Å². The molecule has 0 aliphatic heterocycles. The van der Waals surface area contributed by atoms with E-state index in [-0.39, 0.29) is 0 Å². The van der Waals surface area contributed by atoms with E-state index in [2.05, 4.69) is 12.2 Å². The average molecular weight is 192 g/mol. The van der Waals surface area contributed by atoms with Crippen molar-refractivity contribution in [2.75, 3.05) is 19.5 Å². The lowest BCUT2D eigenvalue weighted by Crippen LogP contribution is -1.96. The van der Waals surface area contributed by atoms with Crippen molar-refractivity contribution in [3.8, 4) is 0 Å². The highest BCUT2D eigenvalue weighted by Crippen LogP contribution is 2.13. The van der Waals surface area contributed by atoms with E-state index < -0.39 is 0 Å². The molecule has 14 heavy (non-hydrogen) atoms. The maximum absolute atomic E-state index is 4.92. The van der Waals surface area contributed by atoms with Crippen molar-refractivity contribution in [2.45, 2.75) is 0 Å². The van der Waals surface area contributed by atoms with Crippen molar-refractivity contribution in [1.29, 1.82) is 0 Å². The average Bonchev–Trinajstić information content (AvgIpc) is 2.22. The molecule has 1 N–H and O–H groups in total. The van der Waals surface area contributed by atoms with Crippen molar-refractivity contribution in [1.82, 2.24) is 0 Å². The number of benzene rings is 1. The zero-order valence-corrected chi connectivity index (χ0v) is 8.41. The molecule has 0 spiro atoms. The first-order valence-electron chi connectivity index (χ1n) is 4.23. The summed E-state index contributed by atoms with van der Waals surface area (Å²) < 4.78 is 9.83. The predicted octanol–water partition coefficient (Wildman–Crippen LogP) is 2.37. The van der Waals surface area contributed by atoms with Crippen LogP contribution in [0.1, 0.15) is 5.56 Å². The summed E-state index contributed by atoms with van der Waals surface area (Å²) in [6, 6.07) is 7.73. The molecule has 75 valence electrons. The van der Waals surface area contributed by atoms with Gasteiger partial charge in [-0.05, 0) is 18.6 Å². The molecule has 0 heterocycles. The van der Waals surface area contributed by atoms with Gasteiger partial charge < -0.3 is 14.8 Å². The highest BCUT2D eigenvalue weighted by molar-refractivity contribution is 5.54. The van der Waals surface area contributed by atoms with E-state index in [0.29, 0.717) is 5.95 Å². The fourth-order valence-electron chi connectivity index (χ4n) is 0.999. The van der Waals surface area contributed by atoms with E-state index in [1.54, 1.807) is 20.4 Å². The van der Waals surface area contributed by atoms with Crippen LogP contribution in [-0.4, -0.2) is 14.2 Å². The smallest absolute Gasteiger partial charge is 0.295 e. The Balaban J connectivity index is 2.70. The molecule has 0 saturated carbocycles. The van der Waals surface area contributed by atoms with Crippen LogP contribution in [0.4, 0.5) is 5.69 Å². The van der Waals surface area contributed by atoms with Crippen LogP contribution in [0, 0.1) is 6.92 Å².